The van der Waals surface area contributed by atoms with Crippen LogP contribution < -0.4 is 62.2 Å². The summed E-state index contributed by atoms with van der Waals surface area (Å²) in [4.78, 5) is 13.3. The third kappa shape index (κ3) is 11.6. The molecule has 0 radical (unpaired) electrons. The lowest BCUT2D eigenvalue weighted by atomic mass is 9.33. The maximum atomic E-state index is 9.38. The van der Waals surface area contributed by atoms with Crippen molar-refractivity contribution in [3.63, 3.8) is 0 Å². The molecule has 0 bridgehead atoms. The number of hydrogen-bond donors (Lipinski definition) is 0. The minimum absolute atomic E-state index is 0.0689. The topological polar surface area (TPSA) is 19.4 Å². The summed E-state index contributed by atoms with van der Waals surface area (Å²) >= 11 is 0. The highest BCUT2D eigenvalue weighted by molar-refractivity contribution is 7.01. The van der Waals surface area contributed by atoms with Gasteiger partial charge in [-0.2, -0.15) is 0 Å². The summed E-state index contributed by atoms with van der Waals surface area (Å²) < 4.78 is 73.3. The monoisotopic (exact) mass is 1350 g/mol. The highest BCUT2D eigenvalue weighted by Gasteiger charge is 2.46. The average molecular weight is 1350 g/mol. The van der Waals surface area contributed by atoms with Crippen molar-refractivity contribution in [1.82, 2.24) is 0 Å². The maximum Gasteiger partial charge on any atom is 0.252 e. The van der Waals surface area contributed by atoms with Crippen LogP contribution in [0.1, 0.15) is 77.7 Å². The molecule has 0 aromatic heterocycles. The zero-order valence-corrected chi connectivity index (χ0v) is 60.9. The second-order valence-electron chi connectivity index (χ2n) is 28.9. The van der Waals surface area contributed by atoms with E-state index < -0.39 is 0 Å². The number of hydrogen-bond acceptors (Lipinski definition) is 6. The van der Waals surface area contributed by atoms with Gasteiger partial charge in [0, 0.05) is 91.0 Å². The molecule has 0 N–H and O–H groups in total. The molecule has 18 rings (SSSR count). The van der Waals surface area contributed by atoms with Gasteiger partial charge in [0.05, 0.1) is 22.3 Å². The molecule has 4 heterocycles. The van der Waals surface area contributed by atoms with Crippen molar-refractivity contribution in [1.29, 1.82) is 0 Å². The van der Waals surface area contributed by atoms with Gasteiger partial charge in [0.1, 0.15) is 0 Å². The fourth-order valence-electron chi connectivity index (χ4n) is 15.8. The minimum Gasteiger partial charge on any atom is -0.311 e. The highest BCUT2D eigenvalue weighted by atomic mass is 15.2. The van der Waals surface area contributed by atoms with Crippen LogP contribution in [-0.4, -0.2) is 13.4 Å². The van der Waals surface area contributed by atoms with Crippen LogP contribution in [0.2, 0.25) is 0 Å². The Morgan fingerprint density at radius 1 is 0.202 bits per heavy atom. The van der Waals surface area contributed by atoms with Crippen molar-refractivity contribution in [3.8, 4) is 0 Å². The van der Waals surface area contributed by atoms with E-state index >= 15 is 0 Å². The molecule has 0 fully saturated rings. The van der Waals surface area contributed by atoms with E-state index in [-0.39, 0.29) is 84.3 Å². The first-order valence-corrected chi connectivity index (χ1v) is 35.9. The van der Waals surface area contributed by atoms with Gasteiger partial charge in [-0.05, 0) is 261 Å². The molecular formula is C96H84B2N6. The van der Waals surface area contributed by atoms with Gasteiger partial charge in [0.25, 0.3) is 13.4 Å². The summed E-state index contributed by atoms with van der Waals surface area (Å²) in [7, 11) is 0. The second-order valence-corrected chi connectivity index (χ2v) is 28.9. The van der Waals surface area contributed by atoms with Crippen LogP contribution in [0.5, 0.6) is 0 Å². The molecule has 0 aliphatic carbocycles. The van der Waals surface area contributed by atoms with Gasteiger partial charge in [-0.3, -0.25) is 0 Å². The van der Waals surface area contributed by atoms with Gasteiger partial charge in [-0.1, -0.05) is 212 Å². The number of rotatable bonds is 10. The molecule has 104 heavy (non-hydrogen) atoms. The third-order valence-electron chi connectivity index (χ3n) is 20.9. The Labute approximate surface area is 626 Å². The van der Waals surface area contributed by atoms with Crippen LogP contribution in [0.4, 0.5) is 102 Å². The molecule has 0 amide bonds. The number of fused-ring (bicyclic) bond motifs is 8. The van der Waals surface area contributed by atoms with Crippen molar-refractivity contribution in [2.75, 3.05) is 29.4 Å². The van der Waals surface area contributed by atoms with E-state index in [0.29, 0.717) is 5.69 Å². The summed E-state index contributed by atoms with van der Waals surface area (Å²) in [6.45, 7) is 24.3. The Kier molecular flexibility index (Phi) is 14.2. The van der Waals surface area contributed by atoms with Gasteiger partial charge in [0.2, 0.25) is 0 Å². The smallest absolute Gasteiger partial charge is 0.252 e. The SMILES string of the molecule is Cc1ccc(N(c2ccc(C)cc2)c2cc3c4c(c2)N(c2ccc(C)cc2)c2ccc(C)cc2B4c2cc(C)ccc2N3c2ccc(C)cc2)cc1.[2H]c1c([2H])c(N(c2cc3c4c(c2)N(c2ccc(C)cc2)c2ccc(C)cc2B4c2cc(C)ccc2N3c2ccc(C)cc2)c2c([2H])c([2H])c(C)c([2H])c2[2H])c([2H])c([2H])c1C. The molecule has 4 aliphatic heterocycles. The molecule has 0 saturated heterocycles. The molecule has 0 atom stereocenters. The summed E-state index contributed by atoms with van der Waals surface area (Å²) in [5.41, 5.74) is 35.3. The first-order valence-electron chi connectivity index (χ1n) is 39.9. The van der Waals surface area contributed by atoms with Crippen LogP contribution in [0.25, 0.3) is 0 Å². The summed E-state index contributed by atoms with van der Waals surface area (Å²) in [5, 5.41) is 0. The Morgan fingerprint density at radius 2 is 0.413 bits per heavy atom. The predicted molar refractivity (Wildman–Crippen MR) is 447 cm³/mol. The summed E-state index contributed by atoms with van der Waals surface area (Å²) in [6, 6.07) is 85.8. The fourth-order valence-corrected chi connectivity index (χ4v) is 15.8. The van der Waals surface area contributed by atoms with Crippen LogP contribution in [0.15, 0.2) is 291 Å². The minimum atomic E-state index is -0.359. The lowest BCUT2D eigenvalue weighted by Crippen LogP contribution is -2.61. The molecule has 504 valence electrons. The zero-order valence-electron chi connectivity index (χ0n) is 68.9. The molecule has 14 aromatic rings. The average Bonchev–Trinajstić information content (AvgIpc) is 0.700. The lowest BCUT2D eigenvalue weighted by molar-refractivity contribution is 1.22. The third-order valence-corrected chi connectivity index (χ3v) is 20.9. The van der Waals surface area contributed by atoms with Gasteiger partial charge >= 0.3 is 0 Å². The maximum absolute atomic E-state index is 9.38. The van der Waals surface area contributed by atoms with Crippen LogP contribution in [-0.2, 0) is 0 Å². The summed E-state index contributed by atoms with van der Waals surface area (Å²) in [6.07, 6.45) is 0. The van der Waals surface area contributed by atoms with Gasteiger partial charge in [0.15, 0.2) is 0 Å². The number of benzene rings is 14. The molecule has 8 heteroatoms. The van der Waals surface area contributed by atoms with E-state index in [0.717, 1.165) is 101 Å². The van der Waals surface area contributed by atoms with E-state index in [4.69, 9.17) is 5.48 Å². The molecular weight excluding hydrogens is 1260 g/mol. The predicted octanol–water partition coefficient (Wildman–Crippen LogP) is 22.2. The molecule has 6 nitrogen and oxygen atoms in total. The number of aryl methyl sites for hydroxylation is 10. The molecule has 0 saturated carbocycles. The molecule has 14 aromatic carbocycles. The Bertz CT molecular complexity index is 5750. The van der Waals surface area contributed by atoms with E-state index in [1.807, 2.05) is 26.0 Å². The van der Waals surface area contributed by atoms with E-state index in [2.05, 4.69) is 310 Å². The van der Waals surface area contributed by atoms with Crippen molar-refractivity contribution in [3.05, 3.63) is 358 Å². The zero-order chi connectivity index (χ0) is 78.3. The quantitative estimate of drug-likeness (QED) is 0.126. The highest BCUT2D eigenvalue weighted by Crippen LogP contribution is 2.51. The molecule has 0 unspecified atom stereocenters. The molecule has 0 spiro atoms. The Hall–Kier alpha value is -12.0. The Morgan fingerprint density at radius 3 is 0.654 bits per heavy atom. The van der Waals surface area contributed by atoms with Crippen LogP contribution >= 0.6 is 0 Å². The number of nitrogens with zero attached hydrogens (tertiary/aromatic N) is 6. The second kappa shape index (κ2) is 26.1. The van der Waals surface area contributed by atoms with Crippen LogP contribution in [0.3, 0.4) is 0 Å². The van der Waals surface area contributed by atoms with Crippen LogP contribution in [0, 0.1) is 83.1 Å². The normalized spacial score (nSPS) is 13.8. The van der Waals surface area contributed by atoms with Crippen molar-refractivity contribution in [2.24, 2.45) is 0 Å². The first-order chi connectivity index (χ1) is 53.8. The van der Waals surface area contributed by atoms with Gasteiger partial charge in [-0.25, -0.2) is 0 Å². The first kappa shape index (κ1) is 56.6. The number of anilines is 18. The fraction of sp³-hybridized carbons (Fsp3) is 0.125. The standard InChI is InChI=1S/2C48H42BN3/c2*1-31-7-17-37(18-8-31)50(38-19-9-32(2)10-20-38)41-29-46-48-47(30-41)52(40-23-13-34(4)14-24-40)45-26-16-36(6)28-43(45)49(48)42-27-35(5)15-25-44(42)51(46)39-21-11-33(3)12-22-39/h2*7-30H,1-6H3/i7D,8D,9D,10D,17D,18D,19D,20D;. The van der Waals surface area contributed by atoms with Crippen molar-refractivity contribution in [2.45, 2.75) is 83.1 Å². The van der Waals surface area contributed by atoms with Crippen molar-refractivity contribution < 1.29 is 11.0 Å². The van der Waals surface area contributed by atoms with Gasteiger partial charge < -0.3 is 29.4 Å². The summed E-state index contributed by atoms with van der Waals surface area (Å²) in [5.74, 6) is 0. The van der Waals surface area contributed by atoms with E-state index in [9.17, 15) is 5.48 Å². The largest absolute Gasteiger partial charge is 0.311 e. The lowest BCUT2D eigenvalue weighted by Gasteiger charge is -2.45. The molecule has 4 aliphatic rings. The Balaban J connectivity index is 0.000000164. The van der Waals surface area contributed by atoms with Crippen molar-refractivity contribution >= 4 is 149 Å². The van der Waals surface area contributed by atoms with Gasteiger partial charge in [-0.15, -0.1) is 0 Å². The van der Waals surface area contributed by atoms with E-state index in [1.54, 1.807) is 0 Å². The van der Waals surface area contributed by atoms with E-state index in [1.165, 1.54) is 91.3 Å².